The third-order valence-electron chi connectivity index (χ3n) is 1.32. The van der Waals surface area contributed by atoms with Gasteiger partial charge >= 0.3 is 12.3 Å². The maximum Gasteiger partial charge on any atom is 0.508 e. The van der Waals surface area contributed by atoms with Crippen molar-refractivity contribution < 1.29 is 28.5 Å². The molecule has 6 heteroatoms. The molecule has 0 saturated carbocycles. The maximum atomic E-state index is 10.9. The fourth-order valence-corrected chi connectivity index (χ4v) is 0.662. The van der Waals surface area contributed by atoms with Gasteiger partial charge in [-0.1, -0.05) is 6.92 Å². The van der Waals surface area contributed by atoms with E-state index >= 15 is 0 Å². The van der Waals surface area contributed by atoms with E-state index in [2.05, 4.69) is 14.2 Å². The van der Waals surface area contributed by atoms with E-state index < -0.39 is 18.4 Å². The first-order chi connectivity index (χ1) is 7.10. The van der Waals surface area contributed by atoms with Crippen LogP contribution in [0, 0.1) is 0 Å². The van der Waals surface area contributed by atoms with Gasteiger partial charge in [-0.15, -0.1) is 0 Å². The molecule has 0 aromatic heterocycles. The second-order valence-electron chi connectivity index (χ2n) is 2.79. The molecular formula is C9H16O6. The Kier molecular flexibility index (Phi) is 7.13. The number of hydrogen-bond donors (Lipinski definition) is 0. The van der Waals surface area contributed by atoms with Crippen LogP contribution in [0.5, 0.6) is 0 Å². The Morgan fingerprint density at radius 3 is 2.40 bits per heavy atom. The van der Waals surface area contributed by atoms with Crippen LogP contribution in [0.25, 0.3) is 0 Å². The Morgan fingerprint density at radius 2 is 1.87 bits per heavy atom. The number of hydrogen-bond acceptors (Lipinski definition) is 6. The van der Waals surface area contributed by atoms with Gasteiger partial charge in [0.05, 0.1) is 13.7 Å². The van der Waals surface area contributed by atoms with Gasteiger partial charge in [0.2, 0.25) is 0 Å². The van der Waals surface area contributed by atoms with Crippen molar-refractivity contribution in [2.24, 2.45) is 0 Å². The SMILES string of the molecule is CCCOC(=O)OC(C)COC(=O)OC. The fraction of sp³-hybridized carbons (Fsp3) is 0.778. The van der Waals surface area contributed by atoms with Crippen molar-refractivity contribution in [3.8, 4) is 0 Å². The summed E-state index contributed by atoms with van der Waals surface area (Å²) in [5.74, 6) is 0. The van der Waals surface area contributed by atoms with E-state index in [1.807, 2.05) is 6.92 Å². The Balaban J connectivity index is 3.59. The van der Waals surface area contributed by atoms with E-state index in [-0.39, 0.29) is 6.61 Å². The molecule has 0 saturated heterocycles. The minimum Gasteiger partial charge on any atom is -0.438 e. The summed E-state index contributed by atoms with van der Waals surface area (Å²) in [6.07, 6.45) is -1.42. The maximum absolute atomic E-state index is 10.9. The van der Waals surface area contributed by atoms with E-state index in [4.69, 9.17) is 4.74 Å². The summed E-state index contributed by atoms with van der Waals surface area (Å²) in [4.78, 5) is 21.5. The number of carbonyl (C=O) groups excluding carboxylic acids is 2. The van der Waals surface area contributed by atoms with Gasteiger partial charge in [0.15, 0.2) is 0 Å². The second kappa shape index (κ2) is 7.90. The minimum atomic E-state index is -0.813. The van der Waals surface area contributed by atoms with Gasteiger partial charge < -0.3 is 18.9 Å². The normalized spacial score (nSPS) is 11.4. The van der Waals surface area contributed by atoms with E-state index in [9.17, 15) is 9.59 Å². The van der Waals surface area contributed by atoms with Crippen LogP contribution in [0.2, 0.25) is 0 Å². The average Bonchev–Trinajstić information content (AvgIpc) is 2.22. The number of carbonyl (C=O) groups is 2. The molecule has 0 rings (SSSR count). The highest BCUT2D eigenvalue weighted by Gasteiger charge is 2.12. The zero-order valence-corrected chi connectivity index (χ0v) is 9.15. The lowest BCUT2D eigenvalue weighted by molar-refractivity contribution is -0.00662. The molecule has 0 fully saturated rings. The molecule has 0 spiro atoms. The van der Waals surface area contributed by atoms with Crippen LogP contribution in [-0.4, -0.2) is 38.7 Å². The Bertz CT molecular complexity index is 203. The summed E-state index contributed by atoms with van der Waals surface area (Å²) in [5.41, 5.74) is 0. The molecule has 6 nitrogen and oxygen atoms in total. The summed E-state index contributed by atoms with van der Waals surface area (Å²) in [6.45, 7) is 3.70. The zero-order chi connectivity index (χ0) is 11.7. The second-order valence-corrected chi connectivity index (χ2v) is 2.79. The molecule has 0 heterocycles. The Labute approximate surface area is 88.4 Å². The third-order valence-corrected chi connectivity index (χ3v) is 1.32. The van der Waals surface area contributed by atoms with Gasteiger partial charge in [-0.2, -0.15) is 0 Å². The lowest BCUT2D eigenvalue weighted by Gasteiger charge is -2.12. The van der Waals surface area contributed by atoms with Gasteiger partial charge in [0.25, 0.3) is 0 Å². The van der Waals surface area contributed by atoms with Crippen LogP contribution in [0.3, 0.4) is 0 Å². The number of ether oxygens (including phenoxy) is 4. The largest absolute Gasteiger partial charge is 0.508 e. The lowest BCUT2D eigenvalue weighted by Crippen LogP contribution is -2.23. The quantitative estimate of drug-likeness (QED) is 0.657. The molecule has 0 aromatic carbocycles. The topological polar surface area (TPSA) is 71.1 Å². The molecule has 0 aliphatic heterocycles. The molecule has 1 unspecified atom stereocenters. The zero-order valence-electron chi connectivity index (χ0n) is 9.15. The third kappa shape index (κ3) is 7.60. The molecule has 88 valence electrons. The smallest absolute Gasteiger partial charge is 0.438 e. The first-order valence-electron chi connectivity index (χ1n) is 4.64. The van der Waals surface area contributed by atoms with E-state index in [0.29, 0.717) is 6.61 Å². The van der Waals surface area contributed by atoms with Crippen LogP contribution < -0.4 is 0 Å². The molecule has 1 atom stereocenters. The van der Waals surface area contributed by atoms with E-state index in [1.54, 1.807) is 6.92 Å². The van der Waals surface area contributed by atoms with Crippen LogP contribution in [0.1, 0.15) is 20.3 Å². The summed E-state index contributed by atoms with van der Waals surface area (Å²) >= 11 is 0. The van der Waals surface area contributed by atoms with Gasteiger partial charge in [-0.05, 0) is 13.3 Å². The molecule has 0 aliphatic rings. The van der Waals surface area contributed by atoms with Crippen LogP contribution in [0.4, 0.5) is 9.59 Å². The minimum absolute atomic E-state index is 0.0616. The molecule has 0 aliphatic carbocycles. The molecular weight excluding hydrogens is 204 g/mol. The lowest BCUT2D eigenvalue weighted by atomic mass is 10.4. The molecule has 15 heavy (non-hydrogen) atoms. The van der Waals surface area contributed by atoms with Gasteiger partial charge in [0.1, 0.15) is 12.7 Å². The first kappa shape index (κ1) is 13.5. The monoisotopic (exact) mass is 220 g/mol. The summed E-state index contributed by atoms with van der Waals surface area (Å²) in [6, 6.07) is 0. The average molecular weight is 220 g/mol. The highest BCUT2D eigenvalue weighted by molar-refractivity contribution is 5.60. The predicted molar refractivity (Wildman–Crippen MR) is 50.5 cm³/mol. The van der Waals surface area contributed by atoms with Crippen LogP contribution in [-0.2, 0) is 18.9 Å². The van der Waals surface area contributed by atoms with Gasteiger partial charge in [-0.25, -0.2) is 9.59 Å². The van der Waals surface area contributed by atoms with Gasteiger partial charge in [-0.3, -0.25) is 0 Å². The van der Waals surface area contributed by atoms with Crippen molar-refractivity contribution in [3.05, 3.63) is 0 Å². The summed E-state index contributed by atoms with van der Waals surface area (Å²) in [7, 11) is 1.20. The van der Waals surface area contributed by atoms with E-state index in [0.717, 1.165) is 6.42 Å². The van der Waals surface area contributed by atoms with Crippen molar-refractivity contribution in [1.82, 2.24) is 0 Å². The number of rotatable bonds is 5. The molecule has 0 N–H and O–H groups in total. The van der Waals surface area contributed by atoms with Crippen molar-refractivity contribution in [2.45, 2.75) is 26.4 Å². The highest BCUT2D eigenvalue weighted by Crippen LogP contribution is 1.97. The summed E-state index contributed by atoms with van der Waals surface area (Å²) in [5, 5.41) is 0. The Hall–Kier alpha value is -1.46. The first-order valence-corrected chi connectivity index (χ1v) is 4.64. The van der Waals surface area contributed by atoms with Crippen molar-refractivity contribution in [2.75, 3.05) is 20.3 Å². The van der Waals surface area contributed by atoms with Crippen LogP contribution >= 0.6 is 0 Å². The number of methoxy groups -OCH3 is 1. The van der Waals surface area contributed by atoms with Crippen molar-refractivity contribution in [1.29, 1.82) is 0 Å². The summed E-state index contributed by atoms with van der Waals surface area (Å²) < 4.78 is 18.2. The van der Waals surface area contributed by atoms with Crippen molar-refractivity contribution in [3.63, 3.8) is 0 Å². The van der Waals surface area contributed by atoms with Gasteiger partial charge in [0, 0.05) is 0 Å². The molecule has 0 amide bonds. The fourth-order valence-electron chi connectivity index (χ4n) is 0.662. The molecule has 0 radical (unpaired) electrons. The van der Waals surface area contributed by atoms with E-state index in [1.165, 1.54) is 7.11 Å². The predicted octanol–water partition coefficient (Wildman–Crippen LogP) is 1.72. The molecule has 0 bridgehead atoms. The van der Waals surface area contributed by atoms with Crippen LogP contribution in [0.15, 0.2) is 0 Å². The molecule has 0 aromatic rings. The van der Waals surface area contributed by atoms with Crippen molar-refractivity contribution >= 4 is 12.3 Å². The highest BCUT2D eigenvalue weighted by atomic mass is 16.7. The Morgan fingerprint density at radius 1 is 1.20 bits per heavy atom. The standard InChI is InChI=1S/C9H16O6/c1-4-5-13-9(11)15-7(2)6-14-8(10)12-3/h7H,4-6H2,1-3H3.